The maximum atomic E-state index is 10.7. The average Bonchev–Trinajstić information content (AvgIpc) is 1.84. The van der Waals surface area contributed by atoms with Gasteiger partial charge in [0.1, 0.15) is 0 Å². The largest absolute Gasteiger partial charge is 0.324 e. The van der Waals surface area contributed by atoms with Crippen LogP contribution in [-0.2, 0) is 4.79 Å². The highest BCUT2D eigenvalue weighted by molar-refractivity contribution is 5.85. The molecule has 0 aliphatic rings. The second-order valence-corrected chi connectivity index (χ2v) is 2.44. The average molecular weight is 130 g/mol. The Labute approximate surface area is 55.4 Å². The quantitative estimate of drug-likeness (QED) is 0.541. The molecule has 0 aromatic heterocycles. The van der Waals surface area contributed by atoms with Gasteiger partial charge in [0.25, 0.3) is 0 Å². The molecular formula is C6H14N2O. The lowest BCUT2D eigenvalue weighted by Crippen LogP contribution is -2.39. The lowest BCUT2D eigenvalue weighted by Gasteiger charge is -2.11. The second kappa shape index (κ2) is 3.58. The zero-order valence-electron chi connectivity index (χ0n) is 5.92. The lowest BCUT2D eigenvalue weighted by molar-refractivity contribution is -0.119. The monoisotopic (exact) mass is 130 g/mol. The summed E-state index contributed by atoms with van der Waals surface area (Å²) in [5.74, 6) is 0.131. The second-order valence-electron chi connectivity index (χ2n) is 2.44. The summed E-state index contributed by atoms with van der Waals surface area (Å²) in [5, 5.41) is 0. The Bertz CT molecular complexity index is 101. The van der Waals surface area contributed by atoms with E-state index in [1.54, 1.807) is 0 Å². The minimum atomic E-state index is -0.380. The molecule has 0 fully saturated rings. The molecule has 0 aromatic carbocycles. The zero-order chi connectivity index (χ0) is 7.44. The van der Waals surface area contributed by atoms with E-state index in [1.807, 2.05) is 13.8 Å². The molecule has 0 unspecified atom stereocenters. The van der Waals surface area contributed by atoms with Gasteiger partial charge in [0.05, 0.1) is 12.6 Å². The van der Waals surface area contributed by atoms with Crippen molar-refractivity contribution in [2.75, 3.05) is 6.54 Å². The normalized spacial score (nSPS) is 13.9. The number of Topliss-reactive ketones (excluding diaryl/α,β-unsaturated/α-hetero) is 1. The molecule has 0 saturated carbocycles. The van der Waals surface area contributed by atoms with Crippen LogP contribution in [0.3, 0.4) is 0 Å². The molecule has 0 heterocycles. The highest BCUT2D eigenvalue weighted by Gasteiger charge is 2.14. The predicted octanol–water partition coefficient (Wildman–Crippen LogP) is -0.502. The van der Waals surface area contributed by atoms with E-state index in [0.717, 1.165) is 0 Å². The van der Waals surface area contributed by atoms with Gasteiger partial charge in [0, 0.05) is 0 Å². The summed E-state index contributed by atoms with van der Waals surface area (Å²) >= 11 is 0. The third-order valence-electron chi connectivity index (χ3n) is 1.29. The van der Waals surface area contributed by atoms with E-state index in [2.05, 4.69) is 0 Å². The van der Waals surface area contributed by atoms with Gasteiger partial charge in [-0.05, 0) is 5.92 Å². The molecule has 0 spiro atoms. The van der Waals surface area contributed by atoms with Crippen LogP contribution in [-0.4, -0.2) is 18.4 Å². The molecule has 0 radical (unpaired) electrons. The maximum Gasteiger partial charge on any atom is 0.163 e. The van der Waals surface area contributed by atoms with Gasteiger partial charge in [0.15, 0.2) is 5.78 Å². The van der Waals surface area contributed by atoms with Gasteiger partial charge >= 0.3 is 0 Å². The molecule has 1 atom stereocenters. The first kappa shape index (κ1) is 8.59. The van der Waals surface area contributed by atoms with Crippen LogP contribution in [0.1, 0.15) is 13.8 Å². The van der Waals surface area contributed by atoms with Crippen molar-refractivity contribution in [3.8, 4) is 0 Å². The summed E-state index contributed by atoms with van der Waals surface area (Å²) in [6, 6.07) is -0.380. The van der Waals surface area contributed by atoms with Crippen LogP contribution in [0.25, 0.3) is 0 Å². The predicted molar refractivity (Wildman–Crippen MR) is 36.9 cm³/mol. The summed E-state index contributed by atoms with van der Waals surface area (Å²) in [5.41, 5.74) is 10.5. The van der Waals surface area contributed by atoms with Crippen LogP contribution >= 0.6 is 0 Å². The molecule has 3 heteroatoms. The van der Waals surface area contributed by atoms with Crippen LogP contribution < -0.4 is 11.5 Å². The standard InChI is InChI=1S/C6H14N2O/c1-4(2)6(8)5(9)3-7/h4,6H,3,7-8H2,1-2H3/t6-/m0/s1. The Kier molecular flexibility index (Phi) is 3.42. The Balaban J connectivity index is 3.72. The molecule has 0 bridgehead atoms. The Morgan fingerprint density at radius 1 is 1.56 bits per heavy atom. The van der Waals surface area contributed by atoms with E-state index < -0.39 is 0 Å². The van der Waals surface area contributed by atoms with Crippen molar-refractivity contribution in [2.24, 2.45) is 17.4 Å². The van der Waals surface area contributed by atoms with Gasteiger partial charge in [-0.2, -0.15) is 0 Å². The molecule has 4 N–H and O–H groups in total. The van der Waals surface area contributed by atoms with Gasteiger partial charge in [-0.25, -0.2) is 0 Å². The number of nitrogens with two attached hydrogens (primary N) is 2. The fraction of sp³-hybridized carbons (Fsp3) is 0.833. The van der Waals surface area contributed by atoms with Crippen LogP contribution in [0.15, 0.2) is 0 Å². The first-order valence-corrected chi connectivity index (χ1v) is 3.08. The fourth-order valence-electron chi connectivity index (χ4n) is 0.508. The third kappa shape index (κ3) is 2.58. The lowest BCUT2D eigenvalue weighted by atomic mass is 10.0. The van der Waals surface area contributed by atoms with E-state index in [1.165, 1.54) is 0 Å². The zero-order valence-corrected chi connectivity index (χ0v) is 5.92. The van der Waals surface area contributed by atoms with Gasteiger partial charge in [-0.15, -0.1) is 0 Å². The van der Waals surface area contributed by atoms with Crippen molar-refractivity contribution in [1.29, 1.82) is 0 Å². The minimum Gasteiger partial charge on any atom is -0.324 e. The van der Waals surface area contributed by atoms with Crippen molar-refractivity contribution in [2.45, 2.75) is 19.9 Å². The Hall–Kier alpha value is -0.410. The molecule has 0 aliphatic carbocycles. The summed E-state index contributed by atoms with van der Waals surface area (Å²) in [4.78, 5) is 10.7. The first-order chi connectivity index (χ1) is 4.09. The maximum absolute atomic E-state index is 10.7. The van der Waals surface area contributed by atoms with Crippen molar-refractivity contribution in [3.05, 3.63) is 0 Å². The number of rotatable bonds is 3. The number of carbonyl (C=O) groups excluding carboxylic acids is 1. The minimum absolute atomic E-state index is 0.0549. The van der Waals surface area contributed by atoms with Gasteiger partial charge in [-0.3, -0.25) is 4.79 Å². The molecule has 0 aromatic rings. The van der Waals surface area contributed by atoms with Crippen LogP contribution in [0, 0.1) is 5.92 Å². The summed E-state index contributed by atoms with van der Waals surface area (Å²) in [7, 11) is 0. The van der Waals surface area contributed by atoms with E-state index in [-0.39, 0.29) is 24.3 Å². The number of ketones is 1. The molecule has 0 aliphatic heterocycles. The van der Waals surface area contributed by atoms with E-state index >= 15 is 0 Å². The number of hydrogen-bond acceptors (Lipinski definition) is 3. The van der Waals surface area contributed by atoms with E-state index in [4.69, 9.17) is 11.5 Å². The van der Waals surface area contributed by atoms with E-state index in [0.29, 0.717) is 0 Å². The Morgan fingerprint density at radius 3 is 2.11 bits per heavy atom. The molecule has 0 rings (SSSR count). The van der Waals surface area contributed by atoms with Gasteiger partial charge in [0.2, 0.25) is 0 Å². The van der Waals surface area contributed by atoms with Gasteiger partial charge < -0.3 is 11.5 Å². The van der Waals surface area contributed by atoms with Crippen molar-refractivity contribution in [3.63, 3.8) is 0 Å². The SMILES string of the molecule is CC(C)[C@H](N)C(=O)CN. The van der Waals surface area contributed by atoms with Crippen molar-refractivity contribution < 1.29 is 4.79 Å². The molecule has 9 heavy (non-hydrogen) atoms. The fourth-order valence-corrected chi connectivity index (χ4v) is 0.508. The topological polar surface area (TPSA) is 69.1 Å². The number of hydrogen-bond donors (Lipinski definition) is 2. The Morgan fingerprint density at radius 2 is 2.00 bits per heavy atom. The third-order valence-corrected chi connectivity index (χ3v) is 1.29. The smallest absolute Gasteiger partial charge is 0.163 e. The summed E-state index contributed by atoms with van der Waals surface area (Å²) in [6.45, 7) is 3.86. The van der Waals surface area contributed by atoms with E-state index in [9.17, 15) is 4.79 Å². The summed E-state index contributed by atoms with van der Waals surface area (Å²) < 4.78 is 0. The van der Waals surface area contributed by atoms with Crippen LogP contribution in [0.2, 0.25) is 0 Å². The molecule has 0 saturated heterocycles. The summed E-state index contributed by atoms with van der Waals surface area (Å²) in [6.07, 6.45) is 0. The van der Waals surface area contributed by atoms with Gasteiger partial charge in [-0.1, -0.05) is 13.8 Å². The van der Waals surface area contributed by atoms with Crippen LogP contribution in [0.5, 0.6) is 0 Å². The molecule has 3 nitrogen and oxygen atoms in total. The van der Waals surface area contributed by atoms with Crippen LogP contribution in [0.4, 0.5) is 0 Å². The highest BCUT2D eigenvalue weighted by atomic mass is 16.1. The molecule has 54 valence electrons. The van der Waals surface area contributed by atoms with Crippen molar-refractivity contribution >= 4 is 5.78 Å². The first-order valence-electron chi connectivity index (χ1n) is 3.08. The molecule has 0 amide bonds. The highest BCUT2D eigenvalue weighted by Crippen LogP contribution is 1.97. The van der Waals surface area contributed by atoms with Crippen molar-refractivity contribution in [1.82, 2.24) is 0 Å². The molecular weight excluding hydrogens is 116 g/mol. The number of carbonyl (C=O) groups is 1.